The minimum atomic E-state index is -3.12. The first kappa shape index (κ1) is 33.0. The molecule has 3 aliphatic carbocycles. The van der Waals surface area contributed by atoms with Crippen molar-refractivity contribution in [1.82, 2.24) is 0 Å². The Kier molecular flexibility index (Phi) is 10.3. The second kappa shape index (κ2) is 12.8. The summed E-state index contributed by atoms with van der Waals surface area (Å²) >= 11 is 0. The Bertz CT molecular complexity index is 1100. The summed E-state index contributed by atoms with van der Waals surface area (Å²) in [6.07, 6.45) is 10.7. The summed E-state index contributed by atoms with van der Waals surface area (Å²) < 4.78 is 46.1. The van der Waals surface area contributed by atoms with E-state index in [-0.39, 0.29) is 35.8 Å². The maximum absolute atomic E-state index is 15.0. The summed E-state index contributed by atoms with van der Waals surface area (Å²) in [7, 11) is 0. The van der Waals surface area contributed by atoms with Crippen LogP contribution in [0, 0.1) is 23.2 Å². The molecule has 1 saturated carbocycles. The number of esters is 3. The van der Waals surface area contributed by atoms with E-state index in [4.69, 9.17) is 14.2 Å². The monoisotopic (exact) mass is 578 g/mol. The topological polar surface area (TPSA) is 78.9 Å². The van der Waals surface area contributed by atoms with E-state index in [1.54, 1.807) is 0 Å². The maximum Gasteiger partial charge on any atom is 0.303 e. The van der Waals surface area contributed by atoms with Crippen LogP contribution in [0.25, 0.3) is 0 Å². The van der Waals surface area contributed by atoms with Gasteiger partial charge < -0.3 is 14.2 Å². The lowest BCUT2D eigenvalue weighted by Gasteiger charge is -2.43. The normalized spacial score (nSPS) is 29.6. The van der Waals surface area contributed by atoms with Gasteiger partial charge in [0.1, 0.15) is 12.2 Å². The van der Waals surface area contributed by atoms with Gasteiger partial charge in [-0.25, -0.2) is 8.78 Å². The first-order valence-electron chi connectivity index (χ1n) is 15.0. The quantitative estimate of drug-likeness (QED) is 0.196. The summed E-state index contributed by atoms with van der Waals surface area (Å²) in [4.78, 5) is 34.7. The predicted octanol–water partition coefficient (Wildman–Crippen LogP) is 7.66. The number of halogens is 2. The third-order valence-electron chi connectivity index (χ3n) is 9.79. The molecule has 0 aliphatic heterocycles. The Morgan fingerprint density at radius 3 is 2.34 bits per heavy atom. The zero-order valence-corrected chi connectivity index (χ0v) is 26.0. The van der Waals surface area contributed by atoms with Crippen LogP contribution < -0.4 is 0 Å². The van der Waals surface area contributed by atoms with Crippen molar-refractivity contribution in [3.63, 3.8) is 0 Å². The van der Waals surface area contributed by atoms with Gasteiger partial charge in [0.25, 0.3) is 5.92 Å². The minimum absolute atomic E-state index is 0.00503. The van der Waals surface area contributed by atoms with Crippen LogP contribution in [-0.4, -0.2) is 41.6 Å². The molecule has 0 aromatic rings. The molecule has 0 saturated heterocycles. The van der Waals surface area contributed by atoms with Gasteiger partial charge in [-0.2, -0.15) is 0 Å². The Morgan fingerprint density at radius 1 is 1.07 bits per heavy atom. The summed E-state index contributed by atoms with van der Waals surface area (Å²) in [6, 6.07) is 0. The van der Waals surface area contributed by atoms with Crippen LogP contribution in [0.1, 0.15) is 107 Å². The molecule has 0 aromatic heterocycles. The van der Waals surface area contributed by atoms with Crippen LogP contribution in [0.4, 0.5) is 8.78 Å². The van der Waals surface area contributed by atoms with Crippen LogP contribution in [0.2, 0.25) is 0 Å². The number of rotatable bonds is 10. The van der Waals surface area contributed by atoms with E-state index in [9.17, 15) is 14.4 Å². The molecule has 6 nitrogen and oxygen atoms in total. The summed E-state index contributed by atoms with van der Waals surface area (Å²) in [6.45, 7) is 12.8. The van der Waals surface area contributed by atoms with E-state index in [1.165, 1.54) is 33.3 Å². The lowest BCUT2D eigenvalue weighted by molar-refractivity contribution is -0.202. The summed E-state index contributed by atoms with van der Waals surface area (Å²) in [5.74, 6) is -3.80. The molecule has 1 fully saturated rings. The first-order valence-corrected chi connectivity index (χ1v) is 15.0. The lowest BCUT2D eigenvalue weighted by Crippen LogP contribution is -2.46. The van der Waals surface area contributed by atoms with Crippen LogP contribution in [0.3, 0.4) is 0 Å². The molecule has 0 N–H and O–H groups in total. The third kappa shape index (κ3) is 7.66. The van der Waals surface area contributed by atoms with Crippen LogP contribution in [-0.2, 0) is 28.6 Å². The minimum Gasteiger partial charge on any atom is -0.462 e. The second-order valence-electron chi connectivity index (χ2n) is 13.1. The highest BCUT2D eigenvalue weighted by atomic mass is 19.3. The van der Waals surface area contributed by atoms with Crippen molar-refractivity contribution in [3.8, 4) is 0 Å². The highest BCUT2D eigenvalue weighted by Crippen LogP contribution is 2.59. The number of allylic oxidation sites excluding steroid dienone is 4. The third-order valence-corrected chi connectivity index (χ3v) is 9.79. The van der Waals surface area contributed by atoms with E-state index >= 15 is 8.78 Å². The molecule has 0 bridgehead atoms. The number of hydrogen-bond acceptors (Lipinski definition) is 6. The number of hydrogen-bond donors (Lipinski definition) is 0. The first-order chi connectivity index (χ1) is 19.0. The van der Waals surface area contributed by atoms with Gasteiger partial charge in [-0.3, -0.25) is 14.4 Å². The van der Waals surface area contributed by atoms with Crippen molar-refractivity contribution in [3.05, 3.63) is 34.9 Å². The van der Waals surface area contributed by atoms with Gasteiger partial charge in [-0.15, -0.1) is 0 Å². The van der Waals surface area contributed by atoms with Gasteiger partial charge in [-0.1, -0.05) is 32.1 Å². The van der Waals surface area contributed by atoms with E-state index < -0.39 is 23.6 Å². The van der Waals surface area contributed by atoms with Crippen LogP contribution in [0.5, 0.6) is 0 Å². The summed E-state index contributed by atoms with van der Waals surface area (Å²) in [5.41, 5.74) is 1.39. The smallest absolute Gasteiger partial charge is 0.303 e. The highest BCUT2D eigenvalue weighted by Gasteiger charge is 2.52. The average molecular weight is 579 g/mol. The molecule has 3 rings (SSSR count). The van der Waals surface area contributed by atoms with Crippen molar-refractivity contribution >= 4 is 17.9 Å². The Balaban J connectivity index is 1.74. The predicted molar refractivity (Wildman–Crippen MR) is 153 cm³/mol. The Morgan fingerprint density at radius 2 is 1.73 bits per heavy atom. The molecule has 6 atom stereocenters. The Hall–Kier alpha value is -2.51. The van der Waals surface area contributed by atoms with Gasteiger partial charge in [0, 0.05) is 40.0 Å². The molecular formula is C33H48F2O6. The van der Waals surface area contributed by atoms with Crippen molar-refractivity contribution in [1.29, 1.82) is 0 Å². The van der Waals surface area contributed by atoms with E-state index in [0.29, 0.717) is 31.1 Å². The van der Waals surface area contributed by atoms with Gasteiger partial charge in [0.05, 0.1) is 0 Å². The molecule has 8 heteroatoms. The molecule has 0 radical (unpaired) electrons. The van der Waals surface area contributed by atoms with Crippen molar-refractivity contribution in [2.75, 3.05) is 0 Å². The standard InChI is InChI=1S/C33H48F2O6/c1-20(15-17-33(34,35)31(6,7)41-24(5)38)28-13-14-29-25(10-9-16-32(28,29)8)11-12-26-18-27(39-22(3)36)19-30(21(26)2)40-23(4)37/h10-12,20,27-30H,9,13-19H2,1-8H3/b12-11-/t20-,27+,28-,29+,30-,32-/m1/s1. The largest absolute Gasteiger partial charge is 0.462 e. The molecule has 0 heterocycles. The molecule has 0 spiro atoms. The zero-order chi connectivity index (χ0) is 30.8. The van der Waals surface area contributed by atoms with Crippen LogP contribution >= 0.6 is 0 Å². The number of carbonyl (C=O) groups is 3. The van der Waals surface area contributed by atoms with E-state index in [1.807, 2.05) is 6.92 Å². The molecule has 0 aromatic carbocycles. The van der Waals surface area contributed by atoms with Gasteiger partial charge in [0.15, 0.2) is 5.60 Å². The number of ether oxygens (including phenoxy) is 3. The molecule has 41 heavy (non-hydrogen) atoms. The Labute approximate surface area is 243 Å². The van der Waals surface area contributed by atoms with Crippen molar-refractivity contribution < 1.29 is 37.4 Å². The maximum atomic E-state index is 15.0. The number of alkyl halides is 2. The van der Waals surface area contributed by atoms with Gasteiger partial charge in [-0.05, 0) is 92.8 Å². The molecule has 0 unspecified atom stereocenters. The van der Waals surface area contributed by atoms with Gasteiger partial charge in [0.2, 0.25) is 0 Å². The van der Waals surface area contributed by atoms with Crippen molar-refractivity contribution in [2.45, 2.75) is 130 Å². The molecular weight excluding hydrogens is 530 g/mol. The fourth-order valence-electron chi connectivity index (χ4n) is 7.50. The fourth-order valence-corrected chi connectivity index (χ4v) is 7.50. The number of carbonyl (C=O) groups excluding carboxylic acids is 3. The highest BCUT2D eigenvalue weighted by molar-refractivity contribution is 5.67. The summed E-state index contributed by atoms with van der Waals surface area (Å²) in [5, 5.41) is 0. The van der Waals surface area contributed by atoms with Crippen LogP contribution in [0.15, 0.2) is 34.9 Å². The zero-order valence-electron chi connectivity index (χ0n) is 26.0. The SMILES string of the molecule is CC(=O)O[C@H]1CC(/C=C\C2=CCC[C@]3(C)[C@@H]([C@H](C)CCC(F)(F)C(C)(C)OC(C)=O)CC[C@@H]23)=C(C)[C@H](OC(C)=O)C1. The van der Waals surface area contributed by atoms with E-state index in [0.717, 1.165) is 43.8 Å². The molecule has 3 aliphatic rings. The fraction of sp³-hybridized carbons (Fsp3) is 0.727. The van der Waals surface area contributed by atoms with E-state index in [2.05, 4.69) is 32.1 Å². The number of fused-ring (bicyclic) bond motifs is 1. The molecule has 230 valence electrons. The van der Waals surface area contributed by atoms with Gasteiger partial charge >= 0.3 is 17.9 Å². The molecule has 0 amide bonds. The second-order valence-corrected chi connectivity index (χ2v) is 13.1. The van der Waals surface area contributed by atoms with Crippen molar-refractivity contribution in [2.24, 2.45) is 23.2 Å². The average Bonchev–Trinajstić information content (AvgIpc) is 3.19. The lowest BCUT2D eigenvalue weighted by atomic mass is 9.62.